The van der Waals surface area contributed by atoms with Gasteiger partial charge >= 0.3 is 0 Å². The summed E-state index contributed by atoms with van der Waals surface area (Å²) in [5, 5.41) is 6.89. The van der Waals surface area contributed by atoms with E-state index in [1.165, 1.54) is 22.3 Å². The van der Waals surface area contributed by atoms with E-state index in [0.29, 0.717) is 0 Å². The van der Waals surface area contributed by atoms with Gasteiger partial charge in [0, 0.05) is 6.54 Å². The largest absolute Gasteiger partial charge is 0.301 e. The van der Waals surface area contributed by atoms with Gasteiger partial charge in [-0.1, -0.05) is 84.9 Å². The Kier molecular flexibility index (Phi) is 5.20. The Bertz CT molecular complexity index is 706. The fourth-order valence-corrected chi connectivity index (χ4v) is 2.70. The van der Waals surface area contributed by atoms with E-state index in [4.69, 9.17) is 0 Å². The minimum atomic E-state index is 0.139. The van der Waals surface area contributed by atoms with Gasteiger partial charge in [-0.15, -0.1) is 0 Å². The maximum absolute atomic E-state index is 3.55. The zero-order chi connectivity index (χ0) is 15.9. The first kappa shape index (κ1) is 15.5. The van der Waals surface area contributed by atoms with Crippen LogP contribution in [0.5, 0.6) is 0 Å². The van der Waals surface area contributed by atoms with Crippen LogP contribution in [0.15, 0.2) is 84.9 Å². The van der Waals surface area contributed by atoms with Crippen molar-refractivity contribution >= 4 is 0 Å². The molecule has 2 heteroatoms. The third-order valence-electron chi connectivity index (χ3n) is 3.99. The van der Waals surface area contributed by atoms with Crippen LogP contribution >= 0.6 is 0 Å². The average Bonchev–Trinajstić information content (AvgIpc) is 2.64. The predicted octanol–water partition coefficient (Wildman–Crippen LogP) is 4.36. The fourth-order valence-electron chi connectivity index (χ4n) is 2.70. The van der Waals surface area contributed by atoms with Gasteiger partial charge in [0.05, 0.1) is 6.17 Å². The summed E-state index contributed by atoms with van der Waals surface area (Å²) in [5.74, 6) is 0. The molecule has 2 nitrogen and oxygen atoms in total. The number of hydrogen-bond donors (Lipinski definition) is 2. The van der Waals surface area contributed by atoms with Crippen LogP contribution in [-0.4, -0.2) is 7.05 Å². The molecule has 3 aromatic rings. The minimum absolute atomic E-state index is 0.139. The Labute approximate surface area is 138 Å². The number of rotatable bonds is 6. The maximum Gasteiger partial charge on any atom is 0.0835 e. The first-order chi connectivity index (χ1) is 11.4. The predicted molar refractivity (Wildman–Crippen MR) is 97.0 cm³/mol. The molecule has 2 N–H and O–H groups in total. The lowest BCUT2D eigenvalue weighted by atomic mass is 10.0. The summed E-state index contributed by atoms with van der Waals surface area (Å²) in [7, 11) is 1.98. The molecular weight excluding hydrogens is 280 g/mol. The Balaban J connectivity index is 1.69. The van der Waals surface area contributed by atoms with Crippen molar-refractivity contribution in [3.05, 3.63) is 96.1 Å². The molecular formula is C21H22N2. The lowest BCUT2D eigenvalue weighted by molar-refractivity contribution is 0.473. The second-order valence-corrected chi connectivity index (χ2v) is 5.58. The van der Waals surface area contributed by atoms with Gasteiger partial charge in [0.25, 0.3) is 0 Å². The summed E-state index contributed by atoms with van der Waals surface area (Å²) in [6.45, 7) is 0.840. The normalized spacial score (nSPS) is 12.0. The summed E-state index contributed by atoms with van der Waals surface area (Å²) in [4.78, 5) is 0. The molecule has 0 bridgehead atoms. The van der Waals surface area contributed by atoms with Crippen LogP contribution in [0.25, 0.3) is 11.1 Å². The SMILES string of the molecule is CNC(NCc1ccccc1)c1ccc(-c2ccccc2)cc1. The highest BCUT2D eigenvalue weighted by Crippen LogP contribution is 2.21. The molecule has 3 rings (SSSR count). The van der Waals surface area contributed by atoms with E-state index >= 15 is 0 Å². The van der Waals surface area contributed by atoms with Gasteiger partial charge in [-0.2, -0.15) is 0 Å². The standard InChI is InChI=1S/C21H22N2/c1-22-21(23-16-17-8-4-2-5-9-17)20-14-12-19(13-15-20)18-10-6-3-7-11-18/h2-15,21-23H,16H2,1H3. The summed E-state index contributed by atoms with van der Waals surface area (Å²) >= 11 is 0. The topological polar surface area (TPSA) is 24.1 Å². The van der Waals surface area contributed by atoms with E-state index in [-0.39, 0.29) is 6.17 Å². The van der Waals surface area contributed by atoms with Gasteiger partial charge in [-0.3, -0.25) is 5.32 Å². The third-order valence-corrected chi connectivity index (χ3v) is 3.99. The zero-order valence-corrected chi connectivity index (χ0v) is 13.4. The Morgan fingerprint density at radius 2 is 1.26 bits per heavy atom. The third kappa shape index (κ3) is 4.07. The fraction of sp³-hybridized carbons (Fsp3) is 0.143. The molecule has 0 radical (unpaired) electrons. The molecule has 0 spiro atoms. The highest BCUT2D eigenvalue weighted by atomic mass is 15.1. The van der Waals surface area contributed by atoms with Crippen molar-refractivity contribution in [3.63, 3.8) is 0 Å². The first-order valence-corrected chi connectivity index (χ1v) is 7.97. The van der Waals surface area contributed by atoms with Crippen molar-refractivity contribution in [1.82, 2.24) is 10.6 Å². The summed E-state index contributed by atoms with van der Waals surface area (Å²) in [6.07, 6.45) is 0.139. The molecule has 0 aliphatic heterocycles. The quantitative estimate of drug-likeness (QED) is 0.661. The van der Waals surface area contributed by atoms with Gasteiger partial charge in [0.2, 0.25) is 0 Å². The number of benzene rings is 3. The van der Waals surface area contributed by atoms with Crippen LogP contribution in [0.4, 0.5) is 0 Å². The molecule has 0 saturated carbocycles. The molecule has 23 heavy (non-hydrogen) atoms. The first-order valence-electron chi connectivity index (χ1n) is 7.97. The van der Waals surface area contributed by atoms with Gasteiger partial charge < -0.3 is 5.32 Å². The second-order valence-electron chi connectivity index (χ2n) is 5.58. The van der Waals surface area contributed by atoms with E-state index < -0.39 is 0 Å². The van der Waals surface area contributed by atoms with Crippen LogP contribution in [0.1, 0.15) is 17.3 Å². The molecule has 3 aromatic carbocycles. The lowest BCUT2D eigenvalue weighted by Crippen LogP contribution is -2.31. The van der Waals surface area contributed by atoms with Crippen LogP contribution in [-0.2, 0) is 6.54 Å². The molecule has 0 aromatic heterocycles. The summed E-state index contributed by atoms with van der Waals surface area (Å²) in [5.41, 5.74) is 5.02. The highest BCUT2D eigenvalue weighted by molar-refractivity contribution is 5.63. The number of hydrogen-bond acceptors (Lipinski definition) is 2. The van der Waals surface area contributed by atoms with Gasteiger partial charge in [0.15, 0.2) is 0 Å². The molecule has 0 amide bonds. The van der Waals surface area contributed by atoms with E-state index in [1.807, 2.05) is 19.2 Å². The monoisotopic (exact) mass is 302 g/mol. The van der Waals surface area contributed by atoms with Crippen molar-refractivity contribution in [2.75, 3.05) is 7.05 Å². The maximum atomic E-state index is 3.55. The van der Waals surface area contributed by atoms with E-state index in [2.05, 4.69) is 83.4 Å². The Morgan fingerprint density at radius 3 is 1.87 bits per heavy atom. The lowest BCUT2D eigenvalue weighted by Gasteiger charge is -2.19. The molecule has 1 atom stereocenters. The molecule has 0 aliphatic rings. The van der Waals surface area contributed by atoms with Gasteiger partial charge in [0.1, 0.15) is 0 Å². The Hall–Kier alpha value is -2.42. The van der Waals surface area contributed by atoms with Crippen LogP contribution in [0, 0.1) is 0 Å². The van der Waals surface area contributed by atoms with Crippen molar-refractivity contribution in [2.24, 2.45) is 0 Å². The molecule has 0 aliphatic carbocycles. The molecule has 0 saturated heterocycles. The average molecular weight is 302 g/mol. The minimum Gasteiger partial charge on any atom is -0.301 e. The van der Waals surface area contributed by atoms with Crippen molar-refractivity contribution < 1.29 is 0 Å². The Morgan fingerprint density at radius 1 is 0.696 bits per heavy atom. The van der Waals surface area contributed by atoms with E-state index in [0.717, 1.165) is 6.54 Å². The van der Waals surface area contributed by atoms with Crippen molar-refractivity contribution in [3.8, 4) is 11.1 Å². The molecule has 1 unspecified atom stereocenters. The molecule has 0 fully saturated rings. The number of nitrogens with one attached hydrogen (secondary N) is 2. The van der Waals surface area contributed by atoms with E-state index in [1.54, 1.807) is 0 Å². The van der Waals surface area contributed by atoms with Crippen molar-refractivity contribution in [2.45, 2.75) is 12.7 Å². The van der Waals surface area contributed by atoms with E-state index in [9.17, 15) is 0 Å². The highest BCUT2D eigenvalue weighted by Gasteiger charge is 2.08. The van der Waals surface area contributed by atoms with Crippen LogP contribution in [0.2, 0.25) is 0 Å². The van der Waals surface area contributed by atoms with Crippen LogP contribution < -0.4 is 10.6 Å². The summed E-state index contributed by atoms with van der Waals surface area (Å²) in [6, 6.07) is 29.6. The molecule has 0 heterocycles. The van der Waals surface area contributed by atoms with Crippen LogP contribution in [0.3, 0.4) is 0 Å². The second kappa shape index (κ2) is 7.73. The smallest absolute Gasteiger partial charge is 0.0835 e. The molecule has 116 valence electrons. The van der Waals surface area contributed by atoms with Crippen molar-refractivity contribution in [1.29, 1.82) is 0 Å². The summed E-state index contributed by atoms with van der Waals surface area (Å²) < 4.78 is 0. The zero-order valence-electron chi connectivity index (χ0n) is 13.4. The van der Waals surface area contributed by atoms with Gasteiger partial charge in [-0.25, -0.2) is 0 Å². The van der Waals surface area contributed by atoms with Gasteiger partial charge in [-0.05, 0) is 29.3 Å².